The van der Waals surface area contributed by atoms with Gasteiger partial charge < -0.3 is 14.5 Å². The van der Waals surface area contributed by atoms with E-state index in [1.54, 1.807) is 82.6 Å². The van der Waals surface area contributed by atoms with E-state index < -0.39 is 0 Å². The van der Waals surface area contributed by atoms with Crippen LogP contribution in [0.25, 0.3) is 0 Å². The topological polar surface area (TPSA) is 49.9 Å². The number of hydrogen-bond donors (Lipinski definition) is 0. The second-order valence-corrected chi connectivity index (χ2v) is 6.73. The molecule has 0 radical (unpaired) electrons. The molecule has 0 N–H and O–H groups in total. The van der Waals surface area contributed by atoms with Crippen molar-refractivity contribution in [2.75, 3.05) is 26.2 Å². The van der Waals surface area contributed by atoms with Crippen molar-refractivity contribution in [3.8, 4) is 11.5 Å². The highest BCUT2D eigenvalue weighted by atomic mass is 16.5. The Balaban J connectivity index is 2.22. The molecule has 0 spiro atoms. The molecule has 160 valence electrons. The molecule has 2 aromatic rings. The van der Waals surface area contributed by atoms with Gasteiger partial charge in [0.2, 0.25) is 0 Å². The third-order valence-corrected chi connectivity index (χ3v) is 4.37. The van der Waals surface area contributed by atoms with E-state index in [1.807, 2.05) is 0 Å². The Bertz CT molecular complexity index is 867. The van der Waals surface area contributed by atoms with Crippen LogP contribution < -0.4 is 4.74 Å². The molecule has 0 bridgehead atoms. The molecule has 0 aliphatic carbocycles. The second kappa shape index (κ2) is 12.0. The zero-order valence-corrected chi connectivity index (χ0v) is 17.7. The lowest BCUT2D eigenvalue weighted by Gasteiger charge is -2.20. The quantitative estimate of drug-likeness (QED) is 0.452. The van der Waals surface area contributed by atoms with Crippen molar-refractivity contribution in [2.24, 2.45) is 0 Å². The largest absolute Gasteiger partial charge is 0.457 e. The van der Waals surface area contributed by atoms with Gasteiger partial charge in [0, 0.05) is 37.3 Å². The lowest BCUT2D eigenvalue weighted by Crippen LogP contribution is -2.31. The van der Waals surface area contributed by atoms with E-state index in [-0.39, 0.29) is 11.8 Å². The van der Waals surface area contributed by atoms with Gasteiger partial charge in [-0.25, -0.2) is 0 Å². The molecule has 0 saturated carbocycles. The average Bonchev–Trinajstić information content (AvgIpc) is 2.78. The molecule has 0 aliphatic heterocycles. The predicted octanol–water partition coefficient (Wildman–Crippen LogP) is 5.11. The van der Waals surface area contributed by atoms with Crippen molar-refractivity contribution in [3.63, 3.8) is 0 Å². The Morgan fingerprint density at radius 2 is 1.03 bits per heavy atom. The molecular formula is C26H28N2O3. The van der Waals surface area contributed by atoms with Gasteiger partial charge >= 0.3 is 0 Å². The van der Waals surface area contributed by atoms with Crippen LogP contribution in [0.5, 0.6) is 11.5 Å². The Hall–Kier alpha value is -3.86. The summed E-state index contributed by atoms with van der Waals surface area (Å²) >= 11 is 0. The maximum absolute atomic E-state index is 12.8. The smallest absolute Gasteiger partial charge is 0.254 e. The first-order chi connectivity index (χ1) is 15.0. The Morgan fingerprint density at radius 3 is 1.35 bits per heavy atom. The van der Waals surface area contributed by atoms with Crippen molar-refractivity contribution < 1.29 is 14.3 Å². The van der Waals surface area contributed by atoms with Gasteiger partial charge in [0.25, 0.3) is 11.8 Å². The van der Waals surface area contributed by atoms with Gasteiger partial charge in [0.05, 0.1) is 0 Å². The van der Waals surface area contributed by atoms with Gasteiger partial charge in [-0.1, -0.05) is 36.4 Å². The zero-order chi connectivity index (χ0) is 22.6. The Morgan fingerprint density at radius 1 is 0.677 bits per heavy atom. The molecule has 31 heavy (non-hydrogen) atoms. The minimum absolute atomic E-state index is 0.140. The van der Waals surface area contributed by atoms with Crippen molar-refractivity contribution in [2.45, 2.75) is 0 Å². The fourth-order valence-electron chi connectivity index (χ4n) is 2.99. The first-order valence-corrected chi connectivity index (χ1v) is 9.94. The average molecular weight is 417 g/mol. The van der Waals surface area contributed by atoms with Gasteiger partial charge in [-0.3, -0.25) is 9.59 Å². The number of carbonyl (C=O) groups excluding carboxylic acids is 2. The first kappa shape index (κ1) is 23.4. The van der Waals surface area contributed by atoms with E-state index in [2.05, 4.69) is 26.3 Å². The summed E-state index contributed by atoms with van der Waals surface area (Å²) in [5.41, 5.74) is 0.994. The Kier molecular flexibility index (Phi) is 9.05. The van der Waals surface area contributed by atoms with Crippen molar-refractivity contribution in [1.82, 2.24) is 9.80 Å². The third-order valence-electron chi connectivity index (χ3n) is 4.37. The fraction of sp³-hybridized carbons (Fsp3) is 0.154. The highest BCUT2D eigenvalue weighted by molar-refractivity contribution is 5.95. The van der Waals surface area contributed by atoms with Gasteiger partial charge in [0.1, 0.15) is 11.5 Å². The van der Waals surface area contributed by atoms with Crippen molar-refractivity contribution in [1.29, 1.82) is 0 Å². The van der Waals surface area contributed by atoms with E-state index in [4.69, 9.17) is 4.74 Å². The lowest BCUT2D eigenvalue weighted by molar-refractivity contribution is 0.0783. The Labute approximate surface area is 184 Å². The molecule has 0 unspecified atom stereocenters. The summed E-state index contributed by atoms with van der Waals surface area (Å²) in [6.45, 7) is 16.5. The van der Waals surface area contributed by atoms with Crippen LogP contribution in [0.15, 0.2) is 99.2 Å². The van der Waals surface area contributed by atoms with Gasteiger partial charge in [-0.2, -0.15) is 0 Å². The molecule has 0 aromatic heterocycles. The van der Waals surface area contributed by atoms with E-state index in [9.17, 15) is 9.59 Å². The summed E-state index contributed by atoms with van der Waals surface area (Å²) in [5.74, 6) is 0.723. The number of rotatable bonds is 12. The zero-order valence-electron chi connectivity index (χ0n) is 17.7. The number of benzene rings is 2. The number of amides is 2. The summed E-state index contributed by atoms with van der Waals surface area (Å²) < 4.78 is 5.94. The van der Waals surface area contributed by atoms with Crippen molar-refractivity contribution in [3.05, 3.63) is 110 Å². The fourth-order valence-corrected chi connectivity index (χ4v) is 2.99. The summed E-state index contributed by atoms with van der Waals surface area (Å²) in [7, 11) is 0. The summed E-state index contributed by atoms with van der Waals surface area (Å²) in [6, 6.07) is 13.9. The van der Waals surface area contributed by atoms with Crippen LogP contribution in [-0.4, -0.2) is 47.8 Å². The predicted molar refractivity (Wildman–Crippen MR) is 126 cm³/mol. The molecule has 5 heteroatoms. The van der Waals surface area contributed by atoms with Gasteiger partial charge in [-0.05, 0) is 36.4 Å². The molecule has 0 heterocycles. The highest BCUT2D eigenvalue weighted by Crippen LogP contribution is 2.24. The SMILES string of the molecule is C=CCN(CC=C)C(=O)c1cccc(Oc2cccc(C(=O)N(CC=C)CC=C)c2)c1. The molecule has 2 aromatic carbocycles. The molecular weight excluding hydrogens is 388 g/mol. The molecule has 0 atom stereocenters. The second-order valence-electron chi connectivity index (χ2n) is 6.73. The van der Waals surface area contributed by atoms with E-state index in [1.165, 1.54) is 0 Å². The van der Waals surface area contributed by atoms with E-state index in [0.717, 1.165) is 0 Å². The number of ether oxygens (including phenoxy) is 1. The number of nitrogens with zero attached hydrogens (tertiary/aromatic N) is 2. The van der Waals surface area contributed by atoms with Crippen molar-refractivity contribution >= 4 is 11.8 Å². The molecule has 0 saturated heterocycles. The van der Waals surface area contributed by atoms with E-state index in [0.29, 0.717) is 48.8 Å². The molecule has 0 aliphatic rings. The normalized spacial score (nSPS) is 9.94. The standard InChI is InChI=1S/C26H28N2O3/c1-5-15-27(16-6-2)25(29)21-11-9-13-23(19-21)31-24-14-10-12-22(20-24)26(30)28(17-7-3)18-8-4/h5-14,19-20H,1-4,15-18H2. The highest BCUT2D eigenvalue weighted by Gasteiger charge is 2.16. The van der Waals surface area contributed by atoms with Crippen LogP contribution >= 0.6 is 0 Å². The van der Waals surface area contributed by atoms with Crippen LogP contribution in [0.3, 0.4) is 0 Å². The summed E-state index contributed by atoms with van der Waals surface area (Å²) in [6.07, 6.45) is 6.69. The lowest BCUT2D eigenvalue weighted by atomic mass is 10.1. The molecule has 2 rings (SSSR count). The minimum Gasteiger partial charge on any atom is -0.457 e. The van der Waals surface area contributed by atoms with Crippen LogP contribution in [0, 0.1) is 0 Å². The van der Waals surface area contributed by atoms with Crippen LogP contribution in [0.4, 0.5) is 0 Å². The molecule has 5 nitrogen and oxygen atoms in total. The maximum Gasteiger partial charge on any atom is 0.254 e. The van der Waals surface area contributed by atoms with Crippen LogP contribution in [0.2, 0.25) is 0 Å². The monoisotopic (exact) mass is 416 g/mol. The third kappa shape index (κ3) is 6.57. The van der Waals surface area contributed by atoms with Gasteiger partial charge in [0.15, 0.2) is 0 Å². The number of carbonyl (C=O) groups is 2. The van der Waals surface area contributed by atoms with Gasteiger partial charge in [-0.15, -0.1) is 26.3 Å². The van der Waals surface area contributed by atoms with E-state index >= 15 is 0 Å². The maximum atomic E-state index is 12.8. The summed E-state index contributed by atoms with van der Waals surface area (Å²) in [4.78, 5) is 28.8. The number of hydrogen-bond acceptors (Lipinski definition) is 3. The summed E-state index contributed by atoms with van der Waals surface area (Å²) in [5, 5.41) is 0. The molecule has 0 fully saturated rings. The van der Waals surface area contributed by atoms with Crippen LogP contribution in [-0.2, 0) is 0 Å². The first-order valence-electron chi connectivity index (χ1n) is 9.94. The minimum atomic E-state index is -0.140. The molecule has 2 amide bonds. The van der Waals surface area contributed by atoms with Crippen LogP contribution in [0.1, 0.15) is 20.7 Å².